The average Bonchev–Trinajstić information content (AvgIpc) is 2.42. The first-order valence-corrected chi connectivity index (χ1v) is 6.66. The molecule has 0 aliphatic rings. The summed E-state index contributed by atoms with van der Waals surface area (Å²) in [5.41, 5.74) is 0.731. The van der Waals surface area contributed by atoms with Crippen molar-refractivity contribution in [2.45, 2.75) is 39.7 Å². The van der Waals surface area contributed by atoms with Crippen LogP contribution in [0.1, 0.15) is 44.0 Å². The molecule has 1 aromatic carbocycles. The Labute approximate surface area is 110 Å². The van der Waals surface area contributed by atoms with E-state index in [0.717, 1.165) is 24.2 Å². The fourth-order valence-electron chi connectivity index (χ4n) is 1.47. The quantitative estimate of drug-likeness (QED) is 0.720. The first-order valence-electron chi connectivity index (χ1n) is 6.66. The van der Waals surface area contributed by atoms with E-state index in [9.17, 15) is 4.79 Å². The zero-order valence-corrected chi connectivity index (χ0v) is 11.5. The van der Waals surface area contributed by atoms with Crippen LogP contribution in [0, 0.1) is 0 Å². The third-order valence-corrected chi connectivity index (χ3v) is 2.87. The summed E-state index contributed by atoms with van der Waals surface area (Å²) in [6.07, 6.45) is 2.01. The van der Waals surface area contributed by atoms with Crippen molar-refractivity contribution in [2.24, 2.45) is 0 Å². The summed E-state index contributed by atoms with van der Waals surface area (Å²) in [6.45, 7) is 7.35. The minimum atomic E-state index is 0.123. The molecule has 1 aromatic rings. The third-order valence-electron chi connectivity index (χ3n) is 2.87. The van der Waals surface area contributed by atoms with Crippen LogP contribution in [0.25, 0.3) is 0 Å². The summed E-state index contributed by atoms with van der Waals surface area (Å²) >= 11 is 0. The Hall–Kier alpha value is -1.35. The molecular formula is C15H23NO2. The van der Waals surface area contributed by atoms with Gasteiger partial charge in [-0.15, -0.1) is 0 Å². The van der Waals surface area contributed by atoms with E-state index in [1.165, 1.54) is 0 Å². The molecule has 18 heavy (non-hydrogen) atoms. The third kappa shape index (κ3) is 4.88. The van der Waals surface area contributed by atoms with E-state index >= 15 is 0 Å². The molecule has 0 saturated carbocycles. The van der Waals surface area contributed by atoms with Crippen LogP contribution in [0.3, 0.4) is 0 Å². The van der Waals surface area contributed by atoms with Crippen LogP contribution in [0.4, 0.5) is 0 Å². The molecule has 0 saturated heterocycles. The minimum absolute atomic E-state index is 0.123. The Morgan fingerprint density at radius 2 is 1.94 bits per heavy atom. The second-order valence-electron chi connectivity index (χ2n) is 4.49. The van der Waals surface area contributed by atoms with E-state index in [0.29, 0.717) is 19.2 Å². The Balaban J connectivity index is 2.48. The molecule has 0 aromatic heterocycles. The second-order valence-corrected chi connectivity index (χ2v) is 4.49. The van der Waals surface area contributed by atoms with Crippen LogP contribution in [-0.4, -0.2) is 25.0 Å². The molecule has 100 valence electrons. The number of benzene rings is 1. The highest BCUT2D eigenvalue weighted by Crippen LogP contribution is 2.12. The van der Waals surface area contributed by atoms with Crippen molar-refractivity contribution < 1.29 is 9.53 Å². The van der Waals surface area contributed by atoms with Gasteiger partial charge in [-0.3, -0.25) is 4.79 Å². The van der Waals surface area contributed by atoms with Crippen molar-refractivity contribution in [1.29, 1.82) is 0 Å². The highest BCUT2D eigenvalue weighted by molar-refractivity contribution is 5.97. The molecule has 1 N–H and O–H groups in total. The number of carbonyl (C=O) groups excluding carboxylic acids is 1. The summed E-state index contributed by atoms with van der Waals surface area (Å²) in [7, 11) is 0. The van der Waals surface area contributed by atoms with Crippen LogP contribution in [-0.2, 0) is 0 Å². The number of ketones is 1. The Kier molecular flexibility index (Phi) is 6.44. The van der Waals surface area contributed by atoms with Gasteiger partial charge in [-0.25, -0.2) is 0 Å². The van der Waals surface area contributed by atoms with E-state index in [4.69, 9.17) is 4.74 Å². The molecule has 0 radical (unpaired) electrons. The first kappa shape index (κ1) is 14.7. The second kappa shape index (κ2) is 7.88. The van der Waals surface area contributed by atoms with Gasteiger partial charge in [0, 0.05) is 11.6 Å². The fraction of sp³-hybridized carbons (Fsp3) is 0.533. The van der Waals surface area contributed by atoms with Crippen molar-refractivity contribution in [3.05, 3.63) is 29.8 Å². The summed E-state index contributed by atoms with van der Waals surface area (Å²) in [4.78, 5) is 11.9. The lowest BCUT2D eigenvalue weighted by Crippen LogP contribution is -2.30. The van der Waals surface area contributed by atoms with Crippen molar-refractivity contribution in [3.8, 4) is 5.75 Å². The number of ether oxygens (including phenoxy) is 1. The Bertz CT molecular complexity index is 359. The van der Waals surface area contributed by atoms with E-state index in [2.05, 4.69) is 26.1 Å². The molecular weight excluding hydrogens is 226 g/mol. The maximum absolute atomic E-state index is 11.9. The van der Waals surface area contributed by atoms with E-state index in [1.54, 1.807) is 0 Å². The van der Waals surface area contributed by atoms with Crippen molar-refractivity contribution in [2.75, 3.05) is 13.2 Å². The zero-order valence-electron chi connectivity index (χ0n) is 11.5. The van der Waals surface area contributed by atoms with Crippen molar-refractivity contribution >= 4 is 5.78 Å². The molecule has 0 fully saturated rings. The van der Waals surface area contributed by atoms with Gasteiger partial charge in [0.2, 0.25) is 0 Å². The number of hydrogen-bond donors (Lipinski definition) is 1. The van der Waals surface area contributed by atoms with Crippen LogP contribution in [0.5, 0.6) is 5.75 Å². The molecule has 0 aliphatic carbocycles. The predicted octanol–water partition coefficient (Wildman–Crippen LogP) is 3.05. The monoisotopic (exact) mass is 249 g/mol. The van der Waals surface area contributed by atoms with E-state index in [-0.39, 0.29) is 5.78 Å². The molecule has 3 heteroatoms. The molecule has 0 amide bonds. The van der Waals surface area contributed by atoms with Crippen LogP contribution >= 0.6 is 0 Å². The van der Waals surface area contributed by atoms with Crippen molar-refractivity contribution in [1.82, 2.24) is 5.32 Å². The number of nitrogens with one attached hydrogen (secondary N) is 1. The molecule has 0 spiro atoms. The fourth-order valence-corrected chi connectivity index (χ4v) is 1.47. The molecule has 3 nitrogen and oxygen atoms in total. The minimum Gasteiger partial charge on any atom is -0.494 e. The first-order chi connectivity index (χ1) is 8.67. The summed E-state index contributed by atoms with van der Waals surface area (Å²) < 4.78 is 5.48. The van der Waals surface area contributed by atoms with Gasteiger partial charge in [0.1, 0.15) is 5.75 Å². The predicted molar refractivity (Wildman–Crippen MR) is 74.3 cm³/mol. The highest BCUT2D eigenvalue weighted by atomic mass is 16.5. The van der Waals surface area contributed by atoms with Crippen LogP contribution in [0.2, 0.25) is 0 Å². The zero-order chi connectivity index (χ0) is 13.4. The molecule has 1 rings (SSSR count). The van der Waals surface area contributed by atoms with Crippen molar-refractivity contribution in [3.63, 3.8) is 0 Å². The number of rotatable bonds is 8. The van der Waals surface area contributed by atoms with Gasteiger partial charge >= 0.3 is 0 Å². The number of Topliss-reactive ketones (excluding diaryl/α,β-unsaturated/α-hetero) is 1. The topological polar surface area (TPSA) is 38.3 Å². The molecule has 0 heterocycles. The van der Waals surface area contributed by atoms with E-state index < -0.39 is 0 Å². The molecule has 0 bridgehead atoms. The maximum atomic E-state index is 11.9. The summed E-state index contributed by atoms with van der Waals surface area (Å²) in [5, 5.41) is 3.20. The lowest BCUT2D eigenvalue weighted by atomic mass is 10.1. The van der Waals surface area contributed by atoms with Crippen LogP contribution in [0.15, 0.2) is 24.3 Å². The lowest BCUT2D eigenvalue weighted by Gasteiger charge is -2.10. The van der Waals surface area contributed by atoms with Gasteiger partial charge in [-0.05, 0) is 44.0 Å². The largest absolute Gasteiger partial charge is 0.494 e. The lowest BCUT2D eigenvalue weighted by molar-refractivity contribution is 0.0987. The number of carbonyl (C=O) groups is 1. The van der Waals surface area contributed by atoms with Gasteiger partial charge in [0.25, 0.3) is 0 Å². The van der Waals surface area contributed by atoms with Gasteiger partial charge in [0.15, 0.2) is 5.78 Å². The average molecular weight is 249 g/mol. The summed E-state index contributed by atoms with van der Waals surface area (Å²) in [6, 6.07) is 7.73. The molecule has 1 atom stereocenters. The van der Waals surface area contributed by atoms with Gasteiger partial charge in [-0.2, -0.15) is 0 Å². The number of hydrogen-bond acceptors (Lipinski definition) is 3. The van der Waals surface area contributed by atoms with Gasteiger partial charge < -0.3 is 10.1 Å². The maximum Gasteiger partial charge on any atom is 0.176 e. The van der Waals surface area contributed by atoms with E-state index in [1.807, 2.05) is 24.3 Å². The summed E-state index contributed by atoms with van der Waals surface area (Å²) in [5.74, 6) is 0.945. The SMILES string of the molecule is CCCOc1ccc(C(=O)CNC(C)CC)cc1. The molecule has 1 unspecified atom stereocenters. The van der Waals surface area contributed by atoms with Gasteiger partial charge in [0.05, 0.1) is 13.2 Å². The van der Waals surface area contributed by atoms with Gasteiger partial charge in [-0.1, -0.05) is 13.8 Å². The Morgan fingerprint density at radius 3 is 2.50 bits per heavy atom. The normalized spacial score (nSPS) is 12.2. The highest BCUT2D eigenvalue weighted by Gasteiger charge is 2.07. The standard InChI is InChI=1S/C15H23NO2/c1-4-10-18-14-8-6-13(7-9-14)15(17)11-16-12(3)5-2/h6-9,12,16H,4-5,10-11H2,1-3H3. The Morgan fingerprint density at radius 1 is 1.28 bits per heavy atom. The van der Waals surface area contributed by atoms with Crippen LogP contribution < -0.4 is 10.1 Å². The smallest absolute Gasteiger partial charge is 0.176 e. The molecule has 0 aliphatic heterocycles.